The zero-order chi connectivity index (χ0) is 17.2. The van der Waals surface area contributed by atoms with Crippen LogP contribution >= 0.6 is 15.9 Å². The first-order valence-electron chi connectivity index (χ1n) is 8.06. The molecule has 1 saturated heterocycles. The molecule has 0 amide bonds. The van der Waals surface area contributed by atoms with Crippen LogP contribution in [0.4, 0.5) is 5.69 Å². The summed E-state index contributed by atoms with van der Waals surface area (Å²) >= 11 is 3.71. The van der Waals surface area contributed by atoms with Gasteiger partial charge in [0.25, 0.3) is 0 Å². The van der Waals surface area contributed by atoms with E-state index >= 15 is 0 Å². The highest BCUT2D eigenvalue weighted by molar-refractivity contribution is 9.09. The molecule has 1 heterocycles. The highest BCUT2D eigenvalue weighted by Gasteiger charge is 2.35. The molecule has 126 valence electrons. The highest BCUT2D eigenvalue weighted by Crippen LogP contribution is 2.36. The number of alkyl halides is 1. The Morgan fingerprint density at radius 2 is 1.64 bits per heavy atom. The van der Waals surface area contributed by atoms with Crippen molar-refractivity contribution < 1.29 is 5.11 Å². The Balaban J connectivity index is 1.60. The van der Waals surface area contributed by atoms with E-state index in [1.807, 2.05) is 48.5 Å². The summed E-state index contributed by atoms with van der Waals surface area (Å²) in [5.74, 6) is 0.124. The number of benzene rings is 3. The molecule has 3 aromatic carbocycles. The number of fused-ring (bicyclic) bond motifs is 1. The molecule has 5 nitrogen and oxygen atoms in total. The van der Waals surface area contributed by atoms with Gasteiger partial charge in [-0.25, -0.2) is 10.9 Å². The second-order valence-electron chi connectivity index (χ2n) is 5.94. The van der Waals surface area contributed by atoms with Crippen LogP contribution in [0.5, 0.6) is 5.75 Å². The van der Waals surface area contributed by atoms with Gasteiger partial charge >= 0.3 is 0 Å². The summed E-state index contributed by atoms with van der Waals surface area (Å²) < 4.78 is 0. The van der Waals surface area contributed by atoms with Crippen LogP contribution in [0.15, 0.2) is 77.0 Å². The number of hydrogen-bond donors (Lipinski definition) is 3. The van der Waals surface area contributed by atoms with Crippen LogP contribution in [0.1, 0.15) is 11.6 Å². The lowest BCUT2D eigenvalue weighted by Crippen LogP contribution is -2.30. The molecule has 3 unspecified atom stereocenters. The summed E-state index contributed by atoms with van der Waals surface area (Å²) in [5.41, 5.74) is 8.06. The number of rotatable bonds is 3. The Morgan fingerprint density at radius 3 is 2.48 bits per heavy atom. The van der Waals surface area contributed by atoms with Crippen LogP contribution in [0.3, 0.4) is 0 Å². The molecule has 3 atom stereocenters. The summed E-state index contributed by atoms with van der Waals surface area (Å²) in [6.45, 7) is 0. The number of phenols is 1. The van der Waals surface area contributed by atoms with Crippen LogP contribution in [0.2, 0.25) is 0 Å². The van der Waals surface area contributed by atoms with Crippen molar-refractivity contribution in [3.05, 3.63) is 72.3 Å². The number of hydrogen-bond acceptors (Lipinski definition) is 5. The van der Waals surface area contributed by atoms with Crippen LogP contribution < -0.4 is 10.9 Å². The van der Waals surface area contributed by atoms with E-state index < -0.39 is 0 Å². The monoisotopic (exact) mass is 396 g/mol. The molecule has 6 heteroatoms. The molecule has 4 rings (SSSR count). The molecule has 1 fully saturated rings. The van der Waals surface area contributed by atoms with Crippen LogP contribution in [0.25, 0.3) is 10.8 Å². The third-order valence-electron chi connectivity index (χ3n) is 4.33. The predicted octanol–water partition coefficient (Wildman–Crippen LogP) is 4.57. The third kappa shape index (κ3) is 3.16. The molecule has 1 aliphatic rings. The molecule has 0 saturated carbocycles. The molecular formula is C19H17BrN4O. The van der Waals surface area contributed by atoms with Gasteiger partial charge < -0.3 is 5.11 Å². The number of hydrazine groups is 1. The molecule has 0 aromatic heterocycles. The van der Waals surface area contributed by atoms with Gasteiger partial charge in [-0.2, -0.15) is 5.11 Å². The number of azo groups is 1. The Kier molecular flexibility index (Phi) is 4.48. The third-order valence-corrected chi connectivity index (χ3v) is 5.36. The Hall–Kier alpha value is -2.28. The standard InChI is InChI=1S/C19H17BrN4O/c20-16-17(13-7-2-1-3-8-13)21-23-19(16)24-22-18-14-9-5-4-6-12(14)10-11-15(18)25/h1-11,16-17,19,21,23,25H. The molecule has 0 radical (unpaired) electrons. The topological polar surface area (TPSA) is 69.0 Å². The van der Waals surface area contributed by atoms with Crippen molar-refractivity contribution in [2.75, 3.05) is 0 Å². The summed E-state index contributed by atoms with van der Waals surface area (Å²) in [7, 11) is 0. The van der Waals surface area contributed by atoms with E-state index in [9.17, 15) is 5.11 Å². The maximum absolute atomic E-state index is 10.2. The van der Waals surface area contributed by atoms with Crippen molar-refractivity contribution in [2.45, 2.75) is 17.0 Å². The smallest absolute Gasteiger partial charge is 0.148 e. The Morgan fingerprint density at radius 1 is 0.880 bits per heavy atom. The van der Waals surface area contributed by atoms with E-state index in [0.717, 1.165) is 10.8 Å². The fourth-order valence-corrected chi connectivity index (χ4v) is 3.68. The van der Waals surface area contributed by atoms with Crippen LogP contribution in [-0.4, -0.2) is 16.1 Å². The number of nitrogens with zero attached hydrogens (tertiary/aromatic N) is 2. The SMILES string of the molecule is Oc1ccc2ccccc2c1N=NC1NNC(c2ccccc2)C1Br. The molecule has 3 aromatic rings. The lowest BCUT2D eigenvalue weighted by molar-refractivity contribution is 0.476. The van der Waals surface area contributed by atoms with E-state index in [4.69, 9.17) is 0 Å². The molecular weight excluding hydrogens is 380 g/mol. The number of nitrogens with one attached hydrogen (secondary N) is 2. The summed E-state index contributed by atoms with van der Waals surface area (Å²) in [5, 5.41) is 20.8. The van der Waals surface area contributed by atoms with Gasteiger partial charge in [-0.15, -0.1) is 5.11 Å². The lowest BCUT2D eigenvalue weighted by Gasteiger charge is -2.14. The fourth-order valence-electron chi connectivity index (χ4n) is 3.01. The average molecular weight is 397 g/mol. The van der Waals surface area contributed by atoms with Crippen LogP contribution in [-0.2, 0) is 0 Å². The molecule has 0 aliphatic carbocycles. The zero-order valence-electron chi connectivity index (χ0n) is 13.3. The minimum atomic E-state index is -0.247. The Labute approximate surface area is 153 Å². The summed E-state index contributed by atoms with van der Waals surface area (Å²) in [6.07, 6.45) is -0.247. The second-order valence-corrected chi connectivity index (χ2v) is 6.99. The van der Waals surface area contributed by atoms with Crippen molar-refractivity contribution in [1.82, 2.24) is 10.9 Å². The maximum atomic E-state index is 10.2. The van der Waals surface area contributed by atoms with Gasteiger partial charge in [0.05, 0.1) is 10.9 Å². The van der Waals surface area contributed by atoms with Gasteiger partial charge in [-0.05, 0) is 17.0 Å². The second kappa shape index (κ2) is 6.92. The van der Waals surface area contributed by atoms with E-state index in [-0.39, 0.29) is 22.8 Å². The van der Waals surface area contributed by atoms with Crippen molar-refractivity contribution >= 4 is 32.4 Å². The molecule has 1 aliphatic heterocycles. The average Bonchev–Trinajstić information content (AvgIpc) is 3.02. The van der Waals surface area contributed by atoms with E-state index in [1.165, 1.54) is 5.56 Å². The van der Waals surface area contributed by atoms with Crippen molar-refractivity contribution in [3.8, 4) is 5.75 Å². The number of phenolic OH excluding ortho intramolecular Hbond substituents is 1. The molecule has 25 heavy (non-hydrogen) atoms. The van der Waals surface area contributed by atoms with Gasteiger partial charge in [-0.3, -0.25) is 0 Å². The van der Waals surface area contributed by atoms with E-state index in [2.05, 4.69) is 49.1 Å². The fraction of sp³-hybridized carbons (Fsp3) is 0.158. The zero-order valence-corrected chi connectivity index (χ0v) is 14.9. The van der Waals surface area contributed by atoms with Crippen LogP contribution in [0, 0.1) is 0 Å². The Bertz CT molecular complexity index is 916. The summed E-state index contributed by atoms with van der Waals surface area (Å²) in [4.78, 5) is 0.0377. The molecule has 0 spiro atoms. The lowest BCUT2D eigenvalue weighted by atomic mass is 10.0. The normalized spacial score (nSPS) is 23.5. The first kappa shape index (κ1) is 16.2. The highest BCUT2D eigenvalue weighted by atomic mass is 79.9. The number of halogens is 1. The first-order valence-corrected chi connectivity index (χ1v) is 8.97. The van der Waals surface area contributed by atoms with E-state index in [1.54, 1.807) is 6.07 Å². The predicted molar refractivity (Wildman–Crippen MR) is 102 cm³/mol. The minimum Gasteiger partial charge on any atom is -0.506 e. The maximum Gasteiger partial charge on any atom is 0.148 e. The van der Waals surface area contributed by atoms with Crippen molar-refractivity contribution in [1.29, 1.82) is 0 Å². The summed E-state index contributed by atoms with van der Waals surface area (Å²) in [6, 6.07) is 21.6. The quantitative estimate of drug-likeness (QED) is 0.448. The number of aromatic hydroxyl groups is 1. The van der Waals surface area contributed by atoms with Gasteiger partial charge in [0.2, 0.25) is 0 Å². The van der Waals surface area contributed by atoms with Gasteiger partial charge in [0, 0.05) is 5.39 Å². The first-order chi connectivity index (χ1) is 12.2. The van der Waals surface area contributed by atoms with Crippen molar-refractivity contribution in [3.63, 3.8) is 0 Å². The minimum absolute atomic E-state index is 0.0377. The molecule has 0 bridgehead atoms. The van der Waals surface area contributed by atoms with Crippen molar-refractivity contribution in [2.24, 2.45) is 10.2 Å². The van der Waals surface area contributed by atoms with Gasteiger partial charge in [0.1, 0.15) is 17.6 Å². The van der Waals surface area contributed by atoms with E-state index in [0.29, 0.717) is 5.69 Å². The molecule has 3 N–H and O–H groups in total. The van der Waals surface area contributed by atoms with Gasteiger partial charge in [-0.1, -0.05) is 76.6 Å². The largest absolute Gasteiger partial charge is 0.506 e. The van der Waals surface area contributed by atoms with Gasteiger partial charge in [0.15, 0.2) is 0 Å².